The molecule has 2 aromatic rings. The topological polar surface area (TPSA) is 69.7 Å². The molecule has 0 aliphatic heterocycles. The van der Waals surface area contributed by atoms with Crippen LogP contribution in [0.25, 0.3) is 0 Å². The molecule has 0 spiro atoms. The van der Waals surface area contributed by atoms with Crippen molar-refractivity contribution in [2.24, 2.45) is 0 Å². The lowest BCUT2D eigenvalue weighted by atomic mass is 10.1. The van der Waals surface area contributed by atoms with Crippen LogP contribution < -0.4 is 19.5 Å². The zero-order valence-electron chi connectivity index (χ0n) is 14.4. The lowest BCUT2D eigenvalue weighted by Gasteiger charge is -2.15. The van der Waals surface area contributed by atoms with Gasteiger partial charge in [0.2, 0.25) is 0 Å². The highest BCUT2D eigenvalue weighted by atomic mass is 32.2. The maximum atomic E-state index is 12.6. The molecule has 140 valence electrons. The minimum Gasteiger partial charge on any atom is -0.496 e. The number of nitrogens with zero attached hydrogens (tertiary/aromatic N) is 1. The van der Waals surface area contributed by atoms with Crippen LogP contribution in [-0.2, 0) is 6.54 Å². The molecule has 0 fully saturated rings. The predicted molar refractivity (Wildman–Crippen MR) is 93.4 cm³/mol. The fraction of sp³-hybridized carbons (Fsp3) is 0.294. The molecule has 1 amide bonds. The van der Waals surface area contributed by atoms with E-state index < -0.39 is 11.7 Å². The first kappa shape index (κ1) is 19.8. The Balaban J connectivity index is 2.20. The molecule has 0 saturated carbocycles. The third-order valence-corrected chi connectivity index (χ3v) is 4.17. The molecule has 1 aromatic carbocycles. The molecule has 0 aliphatic carbocycles. The van der Waals surface area contributed by atoms with Crippen LogP contribution in [0.4, 0.5) is 8.78 Å². The molecule has 0 radical (unpaired) electrons. The quantitative estimate of drug-likeness (QED) is 0.704. The second-order valence-electron chi connectivity index (χ2n) is 4.94. The minimum absolute atomic E-state index is 0.0284. The summed E-state index contributed by atoms with van der Waals surface area (Å²) in [5.41, 5.74) is 0.725. The minimum atomic E-state index is -2.66. The van der Waals surface area contributed by atoms with Gasteiger partial charge in [-0.3, -0.25) is 4.79 Å². The van der Waals surface area contributed by atoms with Gasteiger partial charge in [-0.1, -0.05) is 0 Å². The van der Waals surface area contributed by atoms with Gasteiger partial charge in [0.15, 0.2) is 11.5 Å². The van der Waals surface area contributed by atoms with E-state index in [-0.39, 0.29) is 28.9 Å². The normalized spacial score (nSPS) is 10.5. The summed E-state index contributed by atoms with van der Waals surface area (Å²) in [4.78, 5) is 16.2. The van der Waals surface area contributed by atoms with Crippen molar-refractivity contribution in [1.29, 1.82) is 0 Å². The molecular formula is C17H18F2N2O4S. The average molecular weight is 384 g/mol. The van der Waals surface area contributed by atoms with Gasteiger partial charge in [-0.15, -0.1) is 0 Å². The van der Waals surface area contributed by atoms with Gasteiger partial charge in [0.1, 0.15) is 10.8 Å². The van der Waals surface area contributed by atoms with Crippen molar-refractivity contribution in [3.63, 3.8) is 0 Å². The lowest BCUT2D eigenvalue weighted by Crippen LogP contribution is -2.24. The first-order valence-electron chi connectivity index (χ1n) is 7.47. The van der Waals surface area contributed by atoms with E-state index in [1.54, 1.807) is 12.1 Å². The molecule has 0 unspecified atom stereocenters. The Bertz CT molecular complexity index is 774. The van der Waals surface area contributed by atoms with Gasteiger partial charge in [0, 0.05) is 24.4 Å². The summed E-state index contributed by atoms with van der Waals surface area (Å²) in [6.45, 7) is 0.107. The summed E-state index contributed by atoms with van der Waals surface area (Å²) in [5.74, 6) is -1.72. The highest BCUT2D eigenvalue weighted by molar-refractivity contribution is 7.99. The largest absolute Gasteiger partial charge is 0.496 e. The van der Waals surface area contributed by atoms with Gasteiger partial charge in [0.25, 0.3) is 11.7 Å². The summed E-state index contributed by atoms with van der Waals surface area (Å²) in [5, 5.41) is 2.65. The maximum absolute atomic E-state index is 12.6. The van der Waals surface area contributed by atoms with Crippen molar-refractivity contribution < 1.29 is 27.8 Å². The summed E-state index contributed by atoms with van der Waals surface area (Å²) in [6.07, 6.45) is 1.36. The molecule has 26 heavy (non-hydrogen) atoms. The number of pyridine rings is 1. The van der Waals surface area contributed by atoms with Crippen LogP contribution >= 0.6 is 11.8 Å². The Kier molecular flexibility index (Phi) is 7.02. The second kappa shape index (κ2) is 9.23. The summed E-state index contributed by atoms with van der Waals surface area (Å²) in [6, 6.07) is 6.28. The number of alkyl halides is 2. The predicted octanol–water partition coefficient (Wildman–Crippen LogP) is 3.35. The molecule has 0 atom stereocenters. The van der Waals surface area contributed by atoms with E-state index in [0.29, 0.717) is 22.8 Å². The van der Waals surface area contributed by atoms with Gasteiger partial charge in [0.05, 0.1) is 26.9 Å². The van der Waals surface area contributed by atoms with Crippen molar-refractivity contribution in [3.8, 4) is 17.2 Å². The fourth-order valence-corrected chi connectivity index (χ4v) is 2.82. The van der Waals surface area contributed by atoms with Crippen molar-refractivity contribution in [2.75, 3.05) is 21.3 Å². The number of carbonyl (C=O) groups excluding carboxylic acids is 1. The van der Waals surface area contributed by atoms with Crippen molar-refractivity contribution in [2.45, 2.75) is 17.3 Å². The number of benzene rings is 1. The monoisotopic (exact) mass is 384 g/mol. The molecule has 0 aliphatic rings. The Morgan fingerprint density at radius 3 is 2.42 bits per heavy atom. The Morgan fingerprint density at radius 1 is 1.15 bits per heavy atom. The third kappa shape index (κ3) is 4.75. The second-order valence-corrected chi connectivity index (χ2v) is 5.92. The molecule has 9 heteroatoms. The fourth-order valence-electron chi connectivity index (χ4n) is 2.24. The average Bonchev–Trinajstić information content (AvgIpc) is 2.65. The van der Waals surface area contributed by atoms with Crippen LogP contribution in [0.15, 0.2) is 35.5 Å². The SMILES string of the molecule is COc1cc(OC)c(OC)cc1CNC(=O)c1cccnc1SC(F)F. The standard InChI is InChI=1S/C17H18F2N2O4S/c1-23-12-8-14(25-3)13(24-2)7-10(12)9-21-15(22)11-5-4-6-20-16(11)26-17(18)19/h4-8,17H,9H2,1-3H3,(H,21,22). The number of hydrogen-bond acceptors (Lipinski definition) is 6. The zero-order valence-corrected chi connectivity index (χ0v) is 15.2. The van der Waals surface area contributed by atoms with E-state index in [9.17, 15) is 13.6 Å². The number of aromatic nitrogens is 1. The van der Waals surface area contributed by atoms with Crippen LogP contribution in [0, 0.1) is 0 Å². The molecule has 0 saturated heterocycles. The lowest BCUT2D eigenvalue weighted by molar-refractivity contribution is 0.0947. The van der Waals surface area contributed by atoms with E-state index in [1.165, 1.54) is 39.7 Å². The number of amides is 1. The Hall–Kier alpha value is -2.55. The van der Waals surface area contributed by atoms with Crippen molar-refractivity contribution in [3.05, 3.63) is 41.6 Å². The van der Waals surface area contributed by atoms with Crippen LogP contribution in [-0.4, -0.2) is 38.0 Å². The molecule has 1 heterocycles. The summed E-state index contributed by atoms with van der Waals surface area (Å²) >= 11 is 0.227. The van der Waals surface area contributed by atoms with Gasteiger partial charge >= 0.3 is 0 Å². The van der Waals surface area contributed by atoms with Crippen molar-refractivity contribution >= 4 is 17.7 Å². The molecule has 6 nitrogen and oxygen atoms in total. The summed E-state index contributed by atoms with van der Waals surface area (Å²) in [7, 11) is 4.49. The number of carbonyl (C=O) groups is 1. The van der Waals surface area contributed by atoms with E-state index >= 15 is 0 Å². The molecule has 2 rings (SSSR count). The first-order valence-corrected chi connectivity index (χ1v) is 8.35. The van der Waals surface area contributed by atoms with E-state index in [1.807, 2.05) is 0 Å². The Labute approximate surface area is 153 Å². The van der Waals surface area contributed by atoms with Crippen molar-refractivity contribution in [1.82, 2.24) is 10.3 Å². The van der Waals surface area contributed by atoms with Crippen LogP contribution in [0.2, 0.25) is 0 Å². The third-order valence-electron chi connectivity index (χ3n) is 3.44. The van der Waals surface area contributed by atoms with Gasteiger partial charge < -0.3 is 19.5 Å². The highest BCUT2D eigenvalue weighted by Crippen LogP contribution is 2.34. The zero-order chi connectivity index (χ0) is 19.1. The van der Waals surface area contributed by atoms with Gasteiger partial charge in [-0.25, -0.2) is 4.98 Å². The Morgan fingerprint density at radius 2 is 1.81 bits per heavy atom. The number of thioether (sulfide) groups is 1. The van der Waals surface area contributed by atoms with E-state index in [2.05, 4.69) is 10.3 Å². The van der Waals surface area contributed by atoms with E-state index in [0.717, 1.165) is 0 Å². The van der Waals surface area contributed by atoms with Crippen LogP contribution in [0.3, 0.4) is 0 Å². The molecule has 1 N–H and O–H groups in total. The number of methoxy groups -OCH3 is 3. The van der Waals surface area contributed by atoms with Crippen LogP contribution in [0.5, 0.6) is 17.2 Å². The number of hydrogen-bond donors (Lipinski definition) is 1. The maximum Gasteiger partial charge on any atom is 0.290 e. The smallest absolute Gasteiger partial charge is 0.290 e. The number of rotatable bonds is 8. The first-order chi connectivity index (χ1) is 12.5. The molecular weight excluding hydrogens is 366 g/mol. The number of halogens is 2. The molecule has 1 aromatic heterocycles. The highest BCUT2D eigenvalue weighted by Gasteiger charge is 2.18. The number of ether oxygens (including phenoxy) is 3. The number of nitrogens with one attached hydrogen (secondary N) is 1. The van der Waals surface area contributed by atoms with Crippen LogP contribution in [0.1, 0.15) is 15.9 Å². The van der Waals surface area contributed by atoms with E-state index in [4.69, 9.17) is 14.2 Å². The summed E-state index contributed by atoms with van der Waals surface area (Å²) < 4.78 is 41.0. The van der Waals surface area contributed by atoms with Gasteiger partial charge in [-0.05, 0) is 30.0 Å². The van der Waals surface area contributed by atoms with Gasteiger partial charge in [-0.2, -0.15) is 8.78 Å². The molecule has 0 bridgehead atoms.